The number of rotatable bonds is 8. The summed E-state index contributed by atoms with van der Waals surface area (Å²) in [5.74, 6) is 1.47. The van der Waals surface area contributed by atoms with Crippen molar-refractivity contribution in [2.45, 2.75) is 39.2 Å². The maximum absolute atomic E-state index is 11.8. The fraction of sp³-hybridized carbons (Fsp3) is 0.267. The quantitative estimate of drug-likeness (QED) is 0.194. The van der Waals surface area contributed by atoms with E-state index in [2.05, 4.69) is 41.5 Å². The van der Waals surface area contributed by atoms with Crippen LogP contribution in [0.5, 0.6) is 0 Å². The normalized spacial score (nSPS) is 14.0. The number of nitrogens with one attached hydrogen (secondary N) is 3. The lowest BCUT2D eigenvalue weighted by atomic mass is 10.1. The third kappa shape index (κ3) is 4.69. The summed E-state index contributed by atoms with van der Waals surface area (Å²) in [5.41, 5.74) is 6.79. The summed E-state index contributed by atoms with van der Waals surface area (Å²) in [6.45, 7) is 3.44. The molecule has 1 fully saturated rings. The number of aromatic amines is 2. The molecule has 6 aromatic heterocycles. The number of hydrogen-bond donors (Lipinski definition) is 3. The van der Waals surface area contributed by atoms with E-state index in [4.69, 9.17) is 4.98 Å². The largest absolute Gasteiger partial charge is 0.335 e. The van der Waals surface area contributed by atoms with Crippen LogP contribution in [0.2, 0.25) is 0 Å². The van der Waals surface area contributed by atoms with E-state index in [1.807, 2.05) is 36.7 Å². The Morgan fingerprint density at radius 3 is 2.85 bits per heavy atom. The minimum atomic E-state index is 0.0559. The van der Waals surface area contributed by atoms with Crippen LogP contribution in [0.4, 0.5) is 0 Å². The molecule has 0 amide bonds. The summed E-state index contributed by atoms with van der Waals surface area (Å²) in [6, 6.07) is 9.94. The van der Waals surface area contributed by atoms with Gasteiger partial charge in [0.25, 0.3) is 0 Å². The van der Waals surface area contributed by atoms with E-state index in [-0.39, 0.29) is 5.78 Å². The summed E-state index contributed by atoms with van der Waals surface area (Å²) in [6.07, 6.45) is 12.7. The van der Waals surface area contributed by atoms with Gasteiger partial charge in [-0.05, 0) is 68.1 Å². The Labute approximate surface area is 234 Å². The monoisotopic (exact) mass is 548 g/mol. The number of fused-ring (bicyclic) bond motifs is 2. The standard InChI is InChI=1S/C30H28N8OS/c1-17(39)25-6-7-26(40-25)21-8-9-33-29-27(21)35-30(36-29)28-22-11-23(34-16-24(22)37-38-28)20-10-19(14-32-15-20)13-31-12-18-4-2-3-5-18/h6-11,14-16,18,31H,2-5,12-13H2,1H3,(H,37,38)(H,33,35,36). The van der Waals surface area contributed by atoms with E-state index in [0.29, 0.717) is 17.2 Å². The number of aromatic nitrogens is 7. The molecule has 0 atom stereocenters. The molecule has 10 heteroatoms. The van der Waals surface area contributed by atoms with Crippen molar-refractivity contribution < 1.29 is 4.79 Å². The highest BCUT2D eigenvalue weighted by Gasteiger charge is 2.18. The van der Waals surface area contributed by atoms with Crippen LogP contribution >= 0.6 is 11.3 Å². The van der Waals surface area contributed by atoms with Crippen molar-refractivity contribution in [3.05, 3.63) is 65.6 Å². The maximum Gasteiger partial charge on any atom is 0.178 e. The second kappa shape index (κ2) is 10.4. The summed E-state index contributed by atoms with van der Waals surface area (Å²) >= 11 is 1.46. The Kier molecular flexibility index (Phi) is 6.41. The van der Waals surface area contributed by atoms with Gasteiger partial charge < -0.3 is 10.3 Å². The van der Waals surface area contributed by atoms with E-state index < -0.39 is 0 Å². The number of hydrogen-bond acceptors (Lipinski definition) is 8. The molecule has 9 nitrogen and oxygen atoms in total. The molecule has 1 aliphatic carbocycles. The van der Waals surface area contributed by atoms with Crippen molar-refractivity contribution in [1.82, 2.24) is 40.4 Å². The van der Waals surface area contributed by atoms with Crippen LogP contribution in [0.15, 0.2) is 55.1 Å². The van der Waals surface area contributed by atoms with Crippen LogP contribution in [0.1, 0.15) is 47.8 Å². The summed E-state index contributed by atoms with van der Waals surface area (Å²) in [7, 11) is 0. The van der Waals surface area contributed by atoms with Crippen LogP contribution in [-0.4, -0.2) is 47.4 Å². The molecule has 0 saturated heterocycles. The first kappa shape index (κ1) is 24.7. The van der Waals surface area contributed by atoms with E-state index in [1.54, 1.807) is 19.3 Å². The Morgan fingerprint density at radius 2 is 2.00 bits per heavy atom. The zero-order chi connectivity index (χ0) is 27.1. The molecule has 40 heavy (non-hydrogen) atoms. The molecule has 6 heterocycles. The molecular formula is C30H28N8OS. The fourth-order valence-corrected chi connectivity index (χ4v) is 6.45. The minimum absolute atomic E-state index is 0.0559. The number of Topliss-reactive ketones (excluding diaryl/α,β-unsaturated/α-hetero) is 1. The van der Waals surface area contributed by atoms with E-state index >= 15 is 0 Å². The molecule has 7 rings (SSSR count). The van der Waals surface area contributed by atoms with Gasteiger partial charge in [0.15, 0.2) is 17.3 Å². The number of ketones is 1. The lowest BCUT2D eigenvalue weighted by Gasteiger charge is -2.11. The second-order valence-electron chi connectivity index (χ2n) is 10.4. The topological polar surface area (TPSA) is 125 Å². The predicted molar refractivity (Wildman–Crippen MR) is 157 cm³/mol. The van der Waals surface area contributed by atoms with Crippen LogP contribution in [-0.2, 0) is 6.54 Å². The third-order valence-corrected chi connectivity index (χ3v) is 8.83. The van der Waals surface area contributed by atoms with Crippen molar-refractivity contribution in [3.63, 3.8) is 0 Å². The second-order valence-corrected chi connectivity index (χ2v) is 11.5. The van der Waals surface area contributed by atoms with Gasteiger partial charge in [0.1, 0.15) is 5.69 Å². The lowest BCUT2D eigenvalue weighted by Crippen LogP contribution is -2.20. The highest BCUT2D eigenvalue weighted by Crippen LogP contribution is 2.35. The van der Waals surface area contributed by atoms with E-state index in [1.165, 1.54) is 37.0 Å². The molecule has 1 aliphatic rings. The molecule has 0 bridgehead atoms. The van der Waals surface area contributed by atoms with Crippen molar-refractivity contribution in [1.29, 1.82) is 0 Å². The van der Waals surface area contributed by atoms with Gasteiger partial charge in [-0.1, -0.05) is 12.8 Å². The number of H-pyrrole nitrogens is 2. The first-order valence-corrected chi connectivity index (χ1v) is 14.4. The molecule has 1 saturated carbocycles. The van der Waals surface area contributed by atoms with Crippen molar-refractivity contribution >= 4 is 39.2 Å². The third-order valence-electron chi connectivity index (χ3n) is 7.61. The van der Waals surface area contributed by atoms with Crippen molar-refractivity contribution in [2.24, 2.45) is 5.92 Å². The number of imidazole rings is 1. The lowest BCUT2D eigenvalue weighted by molar-refractivity contribution is 0.102. The first-order chi connectivity index (χ1) is 19.6. The zero-order valence-corrected chi connectivity index (χ0v) is 22.9. The number of nitrogens with zero attached hydrogens (tertiary/aromatic N) is 5. The number of thiophene rings is 1. The highest BCUT2D eigenvalue weighted by molar-refractivity contribution is 7.17. The Bertz CT molecular complexity index is 1850. The van der Waals surface area contributed by atoms with Gasteiger partial charge in [-0.25, -0.2) is 9.97 Å². The average Bonchev–Trinajstić information content (AvgIpc) is 3.78. The summed E-state index contributed by atoms with van der Waals surface area (Å²) in [5, 5.41) is 12.2. The van der Waals surface area contributed by atoms with Crippen LogP contribution in [0, 0.1) is 5.92 Å². The minimum Gasteiger partial charge on any atom is -0.335 e. The molecule has 0 radical (unpaired) electrons. The summed E-state index contributed by atoms with van der Waals surface area (Å²) < 4.78 is 0. The molecule has 200 valence electrons. The fourth-order valence-electron chi connectivity index (χ4n) is 5.51. The maximum atomic E-state index is 11.8. The first-order valence-electron chi connectivity index (χ1n) is 13.6. The molecule has 0 aromatic carbocycles. The number of carbonyl (C=O) groups excluding carboxylic acids is 1. The van der Waals surface area contributed by atoms with E-state index in [9.17, 15) is 4.79 Å². The number of pyridine rings is 3. The van der Waals surface area contributed by atoms with E-state index in [0.717, 1.165) is 67.6 Å². The SMILES string of the molecule is CC(=O)c1ccc(-c2ccnc3nc(-c4n[nH]c5cnc(-c6cncc(CNCC7CCCC7)c6)cc45)[nH]c23)s1. The average molecular weight is 549 g/mol. The highest BCUT2D eigenvalue weighted by atomic mass is 32.1. The van der Waals surface area contributed by atoms with Gasteiger partial charge in [-0.2, -0.15) is 5.10 Å². The van der Waals surface area contributed by atoms with Crippen LogP contribution in [0.25, 0.3) is 55.3 Å². The van der Waals surface area contributed by atoms with Gasteiger partial charge >= 0.3 is 0 Å². The Balaban J connectivity index is 1.20. The molecule has 0 aliphatic heterocycles. The molecule has 0 spiro atoms. The molecule has 6 aromatic rings. The van der Waals surface area contributed by atoms with Gasteiger partial charge in [0, 0.05) is 46.5 Å². The smallest absolute Gasteiger partial charge is 0.178 e. The Hall–Kier alpha value is -4.28. The van der Waals surface area contributed by atoms with Crippen molar-refractivity contribution in [3.8, 4) is 33.2 Å². The Morgan fingerprint density at radius 1 is 1.10 bits per heavy atom. The van der Waals surface area contributed by atoms with Crippen LogP contribution < -0.4 is 5.32 Å². The zero-order valence-electron chi connectivity index (χ0n) is 22.1. The molecule has 0 unspecified atom stereocenters. The van der Waals surface area contributed by atoms with Gasteiger partial charge in [-0.3, -0.25) is 19.9 Å². The summed E-state index contributed by atoms with van der Waals surface area (Å²) in [4.78, 5) is 35.4. The molecular weight excluding hydrogens is 520 g/mol. The predicted octanol–water partition coefficient (Wildman–Crippen LogP) is 6.17. The van der Waals surface area contributed by atoms with Crippen molar-refractivity contribution in [2.75, 3.05) is 6.54 Å². The number of carbonyl (C=O) groups is 1. The molecule has 3 N–H and O–H groups in total. The van der Waals surface area contributed by atoms with Gasteiger partial charge in [-0.15, -0.1) is 11.3 Å². The van der Waals surface area contributed by atoms with Gasteiger partial charge in [0.2, 0.25) is 0 Å². The van der Waals surface area contributed by atoms with Crippen LogP contribution in [0.3, 0.4) is 0 Å². The van der Waals surface area contributed by atoms with Gasteiger partial charge in [0.05, 0.1) is 27.8 Å².